The number of halogens is 3. The Morgan fingerprint density at radius 1 is 1.11 bits per heavy atom. The first-order chi connectivity index (χ1) is 9.08. The number of hydrogen-bond acceptors (Lipinski definition) is 1. The van der Waals surface area contributed by atoms with E-state index < -0.39 is 5.82 Å². The van der Waals surface area contributed by atoms with Crippen molar-refractivity contribution >= 4 is 11.6 Å². The first kappa shape index (κ1) is 14.0. The molecule has 2 aromatic rings. The van der Waals surface area contributed by atoms with Crippen LogP contribution in [0.15, 0.2) is 42.5 Å². The Bertz CT molecular complexity index is 555. The molecule has 4 heteroatoms. The topological polar surface area (TPSA) is 12.0 Å². The molecule has 0 radical (unpaired) electrons. The molecule has 0 aliphatic carbocycles. The summed E-state index contributed by atoms with van der Waals surface area (Å²) in [6.45, 7) is 2.31. The fourth-order valence-electron chi connectivity index (χ4n) is 1.82. The highest BCUT2D eigenvalue weighted by Crippen LogP contribution is 2.19. The minimum absolute atomic E-state index is 0.000943. The summed E-state index contributed by atoms with van der Waals surface area (Å²) in [7, 11) is 0. The van der Waals surface area contributed by atoms with Gasteiger partial charge in [0.2, 0.25) is 0 Å². The Hall–Kier alpha value is -1.45. The van der Waals surface area contributed by atoms with E-state index >= 15 is 0 Å². The van der Waals surface area contributed by atoms with Crippen LogP contribution >= 0.6 is 11.6 Å². The Morgan fingerprint density at radius 3 is 2.47 bits per heavy atom. The van der Waals surface area contributed by atoms with Gasteiger partial charge in [0, 0.05) is 18.2 Å². The smallest absolute Gasteiger partial charge is 0.146 e. The third kappa shape index (κ3) is 3.52. The van der Waals surface area contributed by atoms with Crippen LogP contribution in [-0.2, 0) is 6.54 Å². The van der Waals surface area contributed by atoms with Crippen molar-refractivity contribution in [2.45, 2.75) is 19.5 Å². The van der Waals surface area contributed by atoms with Crippen molar-refractivity contribution < 1.29 is 8.78 Å². The number of rotatable bonds is 4. The van der Waals surface area contributed by atoms with E-state index in [1.54, 1.807) is 24.3 Å². The quantitative estimate of drug-likeness (QED) is 0.872. The highest BCUT2D eigenvalue weighted by Gasteiger charge is 2.09. The van der Waals surface area contributed by atoms with E-state index in [9.17, 15) is 8.78 Å². The van der Waals surface area contributed by atoms with Crippen molar-refractivity contribution in [1.29, 1.82) is 0 Å². The van der Waals surface area contributed by atoms with E-state index in [4.69, 9.17) is 11.6 Å². The zero-order chi connectivity index (χ0) is 13.8. The van der Waals surface area contributed by atoms with Crippen LogP contribution in [0.1, 0.15) is 24.1 Å². The maximum absolute atomic E-state index is 13.7. The monoisotopic (exact) mass is 281 g/mol. The van der Waals surface area contributed by atoms with Gasteiger partial charge in [0.1, 0.15) is 11.6 Å². The first-order valence-corrected chi connectivity index (χ1v) is 6.37. The van der Waals surface area contributed by atoms with E-state index in [1.807, 2.05) is 6.92 Å². The van der Waals surface area contributed by atoms with Crippen LogP contribution in [0.2, 0.25) is 5.02 Å². The van der Waals surface area contributed by atoms with Gasteiger partial charge < -0.3 is 5.32 Å². The molecule has 0 fully saturated rings. The first-order valence-electron chi connectivity index (χ1n) is 5.99. The van der Waals surface area contributed by atoms with Gasteiger partial charge >= 0.3 is 0 Å². The highest BCUT2D eigenvalue weighted by molar-refractivity contribution is 6.30. The van der Waals surface area contributed by atoms with Crippen LogP contribution in [0.4, 0.5) is 8.78 Å². The Morgan fingerprint density at radius 2 is 1.79 bits per heavy atom. The number of benzene rings is 2. The number of nitrogens with one attached hydrogen (secondary N) is 1. The summed E-state index contributed by atoms with van der Waals surface area (Å²) >= 11 is 5.72. The molecule has 0 aromatic heterocycles. The van der Waals surface area contributed by atoms with E-state index in [1.165, 1.54) is 18.2 Å². The summed E-state index contributed by atoms with van der Waals surface area (Å²) in [5.74, 6) is -0.667. The van der Waals surface area contributed by atoms with Crippen LogP contribution in [0.3, 0.4) is 0 Å². The highest BCUT2D eigenvalue weighted by atomic mass is 35.5. The maximum atomic E-state index is 13.7. The lowest BCUT2D eigenvalue weighted by Gasteiger charge is -2.15. The summed E-state index contributed by atoms with van der Waals surface area (Å²) in [4.78, 5) is 0. The lowest BCUT2D eigenvalue weighted by Crippen LogP contribution is -2.18. The maximum Gasteiger partial charge on any atom is 0.146 e. The second kappa shape index (κ2) is 6.13. The fourth-order valence-corrected chi connectivity index (χ4v) is 2.01. The molecule has 0 saturated heterocycles. The number of hydrogen-bond donors (Lipinski definition) is 1. The van der Waals surface area contributed by atoms with Gasteiger partial charge in [-0.1, -0.05) is 35.9 Å². The second-order valence-corrected chi connectivity index (χ2v) is 4.77. The molecule has 1 nitrogen and oxygen atoms in total. The molecule has 0 bridgehead atoms. The van der Waals surface area contributed by atoms with Crippen LogP contribution in [0, 0.1) is 11.6 Å². The lowest BCUT2D eigenvalue weighted by atomic mass is 10.1. The lowest BCUT2D eigenvalue weighted by molar-refractivity contribution is 0.543. The minimum Gasteiger partial charge on any atom is -0.306 e. The van der Waals surface area contributed by atoms with Crippen molar-refractivity contribution in [3.63, 3.8) is 0 Å². The molecule has 19 heavy (non-hydrogen) atoms. The fraction of sp³-hybridized carbons (Fsp3) is 0.200. The predicted molar refractivity (Wildman–Crippen MR) is 73.1 cm³/mol. The van der Waals surface area contributed by atoms with Gasteiger partial charge in [0.15, 0.2) is 0 Å². The van der Waals surface area contributed by atoms with Gasteiger partial charge in [0.25, 0.3) is 0 Å². The van der Waals surface area contributed by atoms with Crippen molar-refractivity contribution in [3.8, 4) is 0 Å². The van der Waals surface area contributed by atoms with Crippen molar-refractivity contribution in [1.82, 2.24) is 5.32 Å². The van der Waals surface area contributed by atoms with Crippen LogP contribution in [0.5, 0.6) is 0 Å². The molecule has 0 saturated carbocycles. The molecular weight excluding hydrogens is 268 g/mol. The third-order valence-corrected chi connectivity index (χ3v) is 3.29. The molecule has 1 unspecified atom stereocenters. The summed E-state index contributed by atoms with van der Waals surface area (Å²) in [6.07, 6.45) is 0. The Kier molecular flexibility index (Phi) is 4.51. The summed E-state index contributed by atoms with van der Waals surface area (Å²) in [6, 6.07) is 11.2. The Balaban J connectivity index is 2.02. The summed E-state index contributed by atoms with van der Waals surface area (Å²) in [5, 5.41) is 3.30. The molecule has 0 heterocycles. The van der Waals surface area contributed by atoms with Gasteiger partial charge in [-0.3, -0.25) is 0 Å². The SMILES string of the molecule is CC(NCc1cccc(Cl)c1F)c1ccc(F)cc1. The molecular formula is C15H14ClF2N. The van der Waals surface area contributed by atoms with Gasteiger partial charge in [0.05, 0.1) is 5.02 Å². The molecule has 2 aromatic carbocycles. The van der Waals surface area contributed by atoms with Gasteiger partial charge in [-0.2, -0.15) is 0 Å². The van der Waals surface area contributed by atoms with Gasteiger partial charge in [-0.25, -0.2) is 8.78 Å². The standard InChI is InChI=1S/C15H14ClF2N/c1-10(11-5-7-13(17)8-6-11)19-9-12-3-2-4-14(16)15(12)18/h2-8,10,19H,9H2,1H3. The molecule has 1 atom stereocenters. The van der Waals surface area contributed by atoms with E-state index in [-0.39, 0.29) is 16.9 Å². The molecule has 0 spiro atoms. The predicted octanol–water partition coefficient (Wildman–Crippen LogP) is 4.47. The average molecular weight is 282 g/mol. The molecule has 100 valence electrons. The largest absolute Gasteiger partial charge is 0.306 e. The van der Waals surface area contributed by atoms with E-state index in [2.05, 4.69) is 5.32 Å². The zero-order valence-electron chi connectivity index (χ0n) is 10.5. The zero-order valence-corrected chi connectivity index (χ0v) is 11.2. The second-order valence-electron chi connectivity index (χ2n) is 4.37. The summed E-state index contributed by atoms with van der Waals surface area (Å²) in [5.41, 5.74) is 1.46. The van der Waals surface area contributed by atoms with Crippen LogP contribution < -0.4 is 5.32 Å². The minimum atomic E-state index is -0.400. The van der Waals surface area contributed by atoms with Crippen molar-refractivity contribution in [3.05, 3.63) is 70.2 Å². The average Bonchev–Trinajstić information content (AvgIpc) is 2.41. The van der Waals surface area contributed by atoms with Gasteiger partial charge in [-0.15, -0.1) is 0 Å². The van der Waals surface area contributed by atoms with Crippen LogP contribution in [0.25, 0.3) is 0 Å². The Labute approximate surface area is 116 Å². The molecule has 0 aliphatic heterocycles. The van der Waals surface area contributed by atoms with E-state index in [0.29, 0.717) is 12.1 Å². The molecule has 0 amide bonds. The molecule has 1 N–H and O–H groups in total. The van der Waals surface area contributed by atoms with Crippen molar-refractivity contribution in [2.75, 3.05) is 0 Å². The summed E-state index contributed by atoms with van der Waals surface area (Å²) < 4.78 is 26.5. The molecule has 2 rings (SSSR count). The molecule has 0 aliphatic rings. The van der Waals surface area contributed by atoms with E-state index in [0.717, 1.165) is 5.56 Å². The third-order valence-electron chi connectivity index (χ3n) is 3.00. The van der Waals surface area contributed by atoms with Crippen molar-refractivity contribution in [2.24, 2.45) is 0 Å². The van der Waals surface area contributed by atoms with Gasteiger partial charge in [-0.05, 0) is 30.7 Å². The normalized spacial score (nSPS) is 12.4. The van der Waals surface area contributed by atoms with Crippen LogP contribution in [-0.4, -0.2) is 0 Å².